The molecule has 0 radical (unpaired) electrons. The predicted octanol–water partition coefficient (Wildman–Crippen LogP) is 5.71. The molecular weight excluding hydrogens is 720 g/mol. The number of carbonyl (C=O) groups excluding carboxylic acids is 2. The lowest BCUT2D eigenvalue weighted by Crippen LogP contribution is -2.07. The topological polar surface area (TPSA) is 152 Å². The average Bonchev–Trinajstić information content (AvgIpc) is 3.00. The molecule has 0 bridgehead atoms. The van der Waals surface area contributed by atoms with Crippen LogP contribution in [0.2, 0.25) is 0 Å². The Hall–Kier alpha value is -4.56. The van der Waals surface area contributed by atoms with E-state index in [-0.39, 0.29) is 44.2 Å². The van der Waals surface area contributed by atoms with Gasteiger partial charge in [0.2, 0.25) is 0 Å². The number of rotatable bonds is 11. The zero-order valence-corrected chi connectivity index (χ0v) is 27.0. The summed E-state index contributed by atoms with van der Waals surface area (Å²) < 4.78 is 31.7. The Morgan fingerprint density at radius 3 is 1.78 bits per heavy atom. The van der Waals surface area contributed by atoms with Gasteiger partial charge in [0, 0.05) is 66.1 Å². The van der Waals surface area contributed by atoms with Gasteiger partial charge in [-0.1, -0.05) is 0 Å². The lowest BCUT2D eigenvalue weighted by molar-refractivity contribution is -0.145. The van der Waals surface area contributed by atoms with Crippen molar-refractivity contribution < 1.29 is 42.5 Å². The van der Waals surface area contributed by atoms with Crippen LogP contribution in [0.5, 0.6) is 11.5 Å². The highest BCUT2D eigenvalue weighted by Crippen LogP contribution is 2.32. The molecule has 0 atom stereocenters. The van der Waals surface area contributed by atoms with Gasteiger partial charge in [0.15, 0.2) is 6.79 Å². The van der Waals surface area contributed by atoms with E-state index < -0.39 is 23.2 Å². The molecule has 0 unspecified atom stereocenters. The van der Waals surface area contributed by atoms with Gasteiger partial charge >= 0.3 is 23.2 Å². The van der Waals surface area contributed by atoms with Crippen molar-refractivity contribution in [2.45, 2.75) is 38.9 Å². The highest BCUT2D eigenvalue weighted by Gasteiger charge is 2.14. The van der Waals surface area contributed by atoms with Crippen molar-refractivity contribution in [1.82, 2.24) is 0 Å². The quantitative estimate of drug-likeness (QED) is 0.0870. The third kappa shape index (κ3) is 10.3. The fourth-order valence-corrected chi connectivity index (χ4v) is 4.55. The summed E-state index contributed by atoms with van der Waals surface area (Å²) in [6.45, 7) is -0.0558. The molecule has 0 saturated carbocycles. The summed E-state index contributed by atoms with van der Waals surface area (Å²) in [4.78, 5) is 46.2. The van der Waals surface area contributed by atoms with Gasteiger partial charge in [0.25, 0.3) is 0 Å². The molecule has 4 rings (SSSR count). The van der Waals surface area contributed by atoms with Crippen molar-refractivity contribution >= 4 is 65.7 Å². The first-order valence-electron chi connectivity index (χ1n) is 13.1. The fraction of sp³-hybridized carbons (Fsp3) is 0.250. The molecule has 0 saturated heterocycles. The van der Waals surface area contributed by atoms with Crippen LogP contribution in [0.4, 0.5) is 0 Å². The van der Waals surface area contributed by atoms with Gasteiger partial charge in [-0.05, 0) is 44.0 Å². The van der Waals surface area contributed by atoms with Crippen molar-refractivity contribution in [1.29, 1.82) is 0 Å². The van der Waals surface area contributed by atoms with E-state index in [1.165, 1.54) is 25.3 Å². The summed E-state index contributed by atoms with van der Waals surface area (Å²) in [5.41, 5.74) is 0.450. The van der Waals surface area contributed by atoms with Gasteiger partial charge in [-0.3, -0.25) is 9.59 Å². The zero-order valence-electron chi connectivity index (χ0n) is 23.9. The number of terminal acetylenes is 2. The van der Waals surface area contributed by atoms with Crippen LogP contribution in [0.15, 0.2) is 63.8 Å². The first-order chi connectivity index (χ1) is 21.6. The maximum absolute atomic E-state index is 11.7. The highest BCUT2D eigenvalue weighted by molar-refractivity contribution is 9.11. The molecule has 2 aromatic carbocycles. The molecule has 45 heavy (non-hydrogen) atoms. The molecule has 1 N–H and O–H groups in total. The second-order valence-electron chi connectivity index (χ2n) is 9.04. The maximum Gasteiger partial charge on any atom is 0.336 e. The monoisotopic (exact) mass is 744 g/mol. The number of benzene rings is 2. The first-order valence-corrected chi connectivity index (χ1v) is 14.7. The van der Waals surface area contributed by atoms with Gasteiger partial charge in [0.05, 0.1) is 21.8 Å². The molecule has 4 aromatic rings. The van der Waals surface area contributed by atoms with E-state index in [1.54, 1.807) is 18.2 Å². The predicted molar refractivity (Wildman–Crippen MR) is 170 cm³/mol. The van der Waals surface area contributed by atoms with Gasteiger partial charge in [0.1, 0.15) is 35.9 Å². The Labute approximate surface area is 273 Å². The summed E-state index contributed by atoms with van der Waals surface area (Å²) in [5.74, 6) is 4.28. The molecule has 0 spiro atoms. The highest BCUT2D eigenvalue weighted by atomic mass is 79.9. The number of phenols is 1. The van der Waals surface area contributed by atoms with Crippen LogP contribution < -0.4 is 16.0 Å². The summed E-state index contributed by atoms with van der Waals surface area (Å²) in [6.07, 6.45) is 11.0. The van der Waals surface area contributed by atoms with E-state index in [0.29, 0.717) is 55.0 Å². The molecule has 0 aliphatic rings. The zero-order chi connectivity index (χ0) is 32.9. The van der Waals surface area contributed by atoms with E-state index >= 15 is 0 Å². The lowest BCUT2D eigenvalue weighted by atomic mass is 10.1. The van der Waals surface area contributed by atoms with Crippen LogP contribution in [-0.2, 0) is 37.0 Å². The maximum atomic E-state index is 11.7. The Morgan fingerprint density at radius 2 is 1.29 bits per heavy atom. The molecule has 0 aliphatic heterocycles. The molecule has 11 nitrogen and oxygen atoms in total. The lowest BCUT2D eigenvalue weighted by Gasteiger charge is -2.10. The van der Waals surface area contributed by atoms with E-state index in [4.69, 9.17) is 40.6 Å². The first kappa shape index (κ1) is 34.9. The normalized spacial score (nSPS) is 10.3. The van der Waals surface area contributed by atoms with Crippen LogP contribution in [-0.4, -0.2) is 30.9 Å². The third-order valence-electron chi connectivity index (χ3n) is 5.84. The number of carbonyl (C=O) groups is 2. The molecule has 2 aromatic heterocycles. The Bertz CT molecular complexity index is 1890. The number of esters is 2. The fourth-order valence-electron chi connectivity index (χ4n) is 3.75. The van der Waals surface area contributed by atoms with Crippen molar-refractivity contribution in [2.75, 3.05) is 13.9 Å². The van der Waals surface area contributed by atoms with E-state index in [2.05, 4.69) is 43.7 Å². The second-order valence-corrected chi connectivity index (χ2v) is 10.7. The molecule has 234 valence electrons. The van der Waals surface area contributed by atoms with Gasteiger partial charge in [-0.15, -0.1) is 24.7 Å². The number of ether oxygens (including phenoxy) is 4. The number of hydrogen-bond donors (Lipinski definition) is 1. The third-order valence-corrected chi connectivity index (χ3v) is 7.09. The van der Waals surface area contributed by atoms with Crippen LogP contribution in [0, 0.1) is 24.7 Å². The van der Waals surface area contributed by atoms with Crippen molar-refractivity contribution in [3.63, 3.8) is 0 Å². The second kappa shape index (κ2) is 17.1. The Balaban J connectivity index is 0.000000248. The molecule has 13 heteroatoms. The molecule has 2 heterocycles. The molecule has 0 amide bonds. The summed E-state index contributed by atoms with van der Waals surface area (Å²) in [7, 11) is 1.50. The number of methoxy groups -OCH3 is 1. The minimum Gasteiger partial charge on any atom is -0.507 e. The van der Waals surface area contributed by atoms with Crippen LogP contribution in [0.25, 0.3) is 21.9 Å². The van der Waals surface area contributed by atoms with Gasteiger partial charge in [-0.25, -0.2) is 9.59 Å². The number of hydrogen-bond acceptors (Lipinski definition) is 11. The van der Waals surface area contributed by atoms with Crippen molar-refractivity contribution in [3.05, 3.63) is 77.3 Å². The molecular formula is C32H26Br2O11. The largest absolute Gasteiger partial charge is 0.507 e. The smallest absolute Gasteiger partial charge is 0.336 e. The molecule has 0 aliphatic carbocycles. The van der Waals surface area contributed by atoms with E-state index in [1.807, 2.05) is 0 Å². The minimum atomic E-state index is -0.584. The minimum absolute atomic E-state index is 0.0454. The summed E-state index contributed by atoms with van der Waals surface area (Å²) >= 11 is 6.57. The van der Waals surface area contributed by atoms with Gasteiger partial charge in [-0.2, -0.15) is 0 Å². The number of fused-ring (bicyclic) bond motifs is 2. The van der Waals surface area contributed by atoms with E-state index in [9.17, 15) is 24.3 Å². The van der Waals surface area contributed by atoms with Crippen molar-refractivity contribution in [3.8, 4) is 36.2 Å². The number of halogens is 2. The summed E-state index contributed by atoms with van der Waals surface area (Å²) in [6, 6.07) is 8.76. The average molecular weight is 746 g/mol. The number of aromatic hydroxyl groups is 1. The van der Waals surface area contributed by atoms with Crippen LogP contribution in [0.3, 0.4) is 0 Å². The Kier molecular flexibility index (Phi) is 13.2. The van der Waals surface area contributed by atoms with Gasteiger partial charge < -0.3 is 32.9 Å². The van der Waals surface area contributed by atoms with Crippen LogP contribution in [0.1, 0.15) is 36.8 Å². The van der Waals surface area contributed by atoms with Crippen LogP contribution >= 0.6 is 31.9 Å². The Morgan fingerprint density at radius 1 is 0.800 bits per heavy atom. The SMILES string of the molecule is C#CCCC(=O)OCc1cc(=O)oc2cc(O)c(Br)cc12.C#CCCC(=O)OCc1cc(=O)oc2cc(OCOC)c(Br)cc12. The number of phenolic OH excluding ortho intramolecular Hbond substituents is 1. The van der Waals surface area contributed by atoms with Crippen molar-refractivity contribution in [2.24, 2.45) is 0 Å². The standard InChI is InChI=1S/C17H15BrO6.C15H11BrO5/c1-3-4-5-16(19)22-9-11-6-17(20)24-14-8-15(23-10-21-2)13(18)7-12(11)14;1-2-3-4-14(18)20-8-9-5-15(19)21-13-7-12(17)11(16)6-10(9)13/h1,6-8H,4-5,9-10H2,2H3;1,5-7,17H,3-4,8H2. The molecule has 0 fully saturated rings. The summed E-state index contributed by atoms with van der Waals surface area (Å²) in [5, 5.41) is 10.8. The van der Waals surface area contributed by atoms with E-state index in [0.717, 1.165) is 0 Å².